The minimum Gasteiger partial charge on any atom is -0.497 e. The van der Waals surface area contributed by atoms with E-state index in [1.807, 2.05) is 24.3 Å². The summed E-state index contributed by atoms with van der Waals surface area (Å²) in [6.07, 6.45) is 2.88. The third-order valence-electron chi connectivity index (χ3n) is 6.76. The molecule has 1 atom stereocenters. The van der Waals surface area contributed by atoms with Crippen molar-refractivity contribution in [3.8, 4) is 5.75 Å². The largest absolute Gasteiger partial charge is 0.497 e. The fourth-order valence-electron chi connectivity index (χ4n) is 4.44. The van der Waals surface area contributed by atoms with E-state index in [4.69, 9.17) is 4.74 Å². The Labute approximate surface area is 187 Å². The average molecular weight is 443 g/mol. The zero-order valence-corrected chi connectivity index (χ0v) is 18.6. The summed E-state index contributed by atoms with van der Waals surface area (Å²) < 4.78 is 5.14. The average Bonchev–Trinajstić information content (AvgIpc) is 3.64. The van der Waals surface area contributed by atoms with E-state index in [9.17, 15) is 19.2 Å². The van der Waals surface area contributed by atoms with E-state index in [0.29, 0.717) is 39.0 Å². The van der Waals surface area contributed by atoms with Gasteiger partial charge in [-0.15, -0.1) is 0 Å². The minimum atomic E-state index is -0.883. The number of urea groups is 1. The van der Waals surface area contributed by atoms with Crippen LogP contribution in [0.15, 0.2) is 24.3 Å². The number of amides is 5. The number of imide groups is 1. The van der Waals surface area contributed by atoms with Gasteiger partial charge in [0.15, 0.2) is 0 Å². The minimum absolute atomic E-state index is 0.0576. The molecular weight excluding hydrogens is 412 g/mol. The van der Waals surface area contributed by atoms with Crippen molar-refractivity contribution in [2.24, 2.45) is 5.92 Å². The van der Waals surface area contributed by atoms with Crippen molar-refractivity contribution < 1.29 is 23.9 Å². The lowest BCUT2D eigenvalue weighted by Crippen LogP contribution is -2.53. The maximum absolute atomic E-state index is 12.7. The summed E-state index contributed by atoms with van der Waals surface area (Å²) in [6, 6.07) is 7.16. The standard InChI is InChI=1S/C23H30N4O5/c1-23(17-6-7-17)21(30)27(22(31)24-23)15-20(29)26-13-11-25(12-14-26)19(28)10-5-16-3-8-18(32-2)9-4-16/h3-4,8-9,17H,5-7,10-15H2,1-2H3,(H,24,31). The second-order valence-corrected chi connectivity index (χ2v) is 8.91. The van der Waals surface area contributed by atoms with Gasteiger partial charge in [-0.2, -0.15) is 0 Å². The number of aryl methyl sites for hydroxylation is 1. The van der Waals surface area contributed by atoms with Gasteiger partial charge in [-0.05, 0) is 49.8 Å². The lowest BCUT2D eigenvalue weighted by Gasteiger charge is -2.35. The predicted molar refractivity (Wildman–Crippen MR) is 116 cm³/mol. The lowest BCUT2D eigenvalue weighted by molar-refractivity contribution is -0.142. The van der Waals surface area contributed by atoms with Crippen molar-refractivity contribution in [1.29, 1.82) is 0 Å². The molecule has 0 aromatic heterocycles. The van der Waals surface area contributed by atoms with E-state index in [2.05, 4.69) is 5.32 Å². The SMILES string of the molecule is COc1ccc(CCC(=O)N2CCN(C(=O)CN3C(=O)NC(C)(C4CC4)C3=O)CC2)cc1. The highest BCUT2D eigenvalue weighted by molar-refractivity contribution is 6.09. The highest BCUT2D eigenvalue weighted by Gasteiger charge is 2.56. The first kappa shape index (κ1) is 22.1. The molecule has 0 radical (unpaired) electrons. The first-order chi connectivity index (χ1) is 15.3. The van der Waals surface area contributed by atoms with E-state index in [0.717, 1.165) is 29.1 Å². The second kappa shape index (κ2) is 8.80. The van der Waals surface area contributed by atoms with Crippen LogP contribution in [0.25, 0.3) is 0 Å². The molecule has 9 nitrogen and oxygen atoms in total. The van der Waals surface area contributed by atoms with E-state index >= 15 is 0 Å². The number of rotatable bonds is 7. The number of hydrogen-bond acceptors (Lipinski definition) is 5. The monoisotopic (exact) mass is 442 g/mol. The van der Waals surface area contributed by atoms with E-state index in [1.165, 1.54) is 0 Å². The molecule has 1 saturated carbocycles. The third kappa shape index (κ3) is 4.42. The summed E-state index contributed by atoms with van der Waals surface area (Å²) in [4.78, 5) is 54.7. The topological polar surface area (TPSA) is 99.3 Å². The number of nitrogens with zero attached hydrogens (tertiary/aromatic N) is 3. The highest BCUT2D eigenvalue weighted by atomic mass is 16.5. The maximum Gasteiger partial charge on any atom is 0.325 e. The van der Waals surface area contributed by atoms with Gasteiger partial charge in [0.2, 0.25) is 11.8 Å². The Hall–Kier alpha value is -3.10. The summed E-state index contributed by atoms with van der Waals surface area (Å²) in [5, 5.41) is 2.76. The van der Waals surface area contributed by atoms with Gasteiger partial charge >= 0.3 is 6.03 Å². The molecule has 1 aliphatic carbocycles. The third-order valence-corrected chi connectivity index (χ3v) is 6.76. The summed E-state index contributed by atoms with van der Waals surface area (Å²) >= 11 is 0. The normalized spacial score (nSPS) is 23.4. The van der Waals surface area contributed by atoms with Crippen molar-refractivity contribution in [2.75, 3.05) is 39.8 Å². The van der Waals surface area contributed by atoms with E-state index in [-0.39, 0.29) is 30.2 Å². The summed E-state index contributed by atoms with van der Waals surface area (Å²) in [6.45, 7) is 3.19. The fraction of sp³-hybridized carbons (Fsp3) is 0.565. The van der Waals surface area contributed by atoms with Crippen LogP contribution in [0, 0.1) is 5.92 Å². The molecule has 0 spiro atoms. The molecule has 1 unspecified atom stereocenters. The molecule has 2 saturated heterocycles. The number of methoxy groups -OCH3 is 1. The molecular formula is C23H30N4O5. The van der Waals surface area contributed by atoms with Crippen LogP contribution >= 0.6 is 0 Å². The van der Waals surface area contributed by atoms with Crippen LogP contribution in [0.3, 0.4) is 0 Å². The van der Waals surface area contributed by atoms with Gasteiger partial charge in [0.25, 0.3) is 5.91 Å². The van der Waals surface area contributed by atoms with Gasteiger partial charge in [-0.25, -0.2) is 4.79 Å². The van der Waals surface area contributed by atoms with Crippen LogP contribution in [0.2, 0.25) is 0 Å². The second-order valence-electron chi connectivity index (χ2n) is 8.91. The molecule has 1 N–H and O–H groups in total. The number of benzene rings is 1. The molecule has 5 amide bonds. The molecule has 9 heteroatoms. The van der Waals surface area contributed by atoms with E-state index in [1.54, 1.807) is 23.8 Å². The number of carbonyl (C=O) groups is 4. The van der Waals surface area contributed by atoms with Crippen molar-refractivity contribution in [1.82, 2.24) is 20.0 Å². The Bertz CT molecular complexity index is 905. The molecule has 1 aromatic rings. The Balaban J connectivity index is 1.23. The number of piperazine rings is 1. The highest BCUT2D eigenvalue weighted by Crippen LogP contribution is 2.42. The van der Waals surface area contributed by atoms with Gasteiger partial charge in [-0.3, -0.25) is 19.3 Å². The Morgan fingerprint density at radius 1 is 1.03 bits per heavy atom. The smallest absolute Gasteiger partial charge is 0.325 e. The maximum atomic E-state index is 12.7. The van der Waals surface area contributed by atoms with Gasteiger partial charge in [0.05, 0.1) is 7.11 Å². The first-order valence-corrected chi connectivity index (χ1v) is 11.1. The number of nitrogens with one attached hydrogen (secondary N) is 1. The molecule has 2 aliphatic heterocycles. The van der Waals surface area contributed by atoms with Crippen LogP contribution < -0.4 is 10.1 Å². The van der Waals surface area contributed by atoms with Crippen LogP contribution in [0.1, 0.15) is 31.7 Å². The van der Waals surface area contributed by atoms with Crippen molar-refractivity contribution in [3.63, 3.8) is 0 Å². The molecule has 1 aromatic carbocycles. The molecule has 4 rings (SSSR count). The van der Waals surface area contributed by atoms with Crippen LogP contribution in [0.4, 0.5) is 4.79 Å². The summed E-state index contributed by atoms with van der Waals surface area (Å²) in [5.41, 5.74) is 0.187. The molecule has 3 aliphatic rings. The Morgan fingerprint density at radius 3 is 2.19 bits per heavy atom. The predicted octanol–water partition coefficient (Wildman–Crippen LogP) is 1.02. The van der Waals surface area contributed by atoms with Gasteiger partial charge in [-0.1, -0.05) is 12.1 Å². The lowest BCUT2D eigenvalue weighted by atomic mass is 9.96. The number of ether oxygens (including phenoxy) is 1. The molecule has 32 heavy (non-hydrogen) atoms. The summed E-state index contributed by atoms with van der Waals surface area (Å²) in [7, 11) is 1.62. The Morgan fingerprint density at radius 2 is 1.62 bits per heavy atom. The summed E-state index contributed by atoms with van der Waals surface area (Å²) in [5.74, 6) is 0.421. The van der Waals surface area contributed by atoms with Gasteiger partial charge < -0.3 is 19.9 Å². The Kier molecular flexibility index (Phi) is 6.08. The molecule has 172 valence electrons. The molecule has 2 heterocycles. The van der Waals surface area contributed by atoms with Crippen molar-refractivity contribution in [2.45, 2.75) is 38.1 Å². The zero-order chi connectivity index (χ0) is 22.9. The molecule has 3 fully saturated rings. The van der Waals surface area contributed by atoms with E-state index < -0.39 is 11.6 Å². The first-order valence-electron chi connectivity index (χ1n) is 11.1. The zero-order valence-electron chi connectivity index (χ0n) is 18.6. The van der Waals surface area contributed by atoms with Gasteiger partial charge in [0.1, 0.15) is 17.8 Å². The fourth-order valence-corrected chi connectivity index (χ4v) is 4.44. The van der Waals surface area contributed by atoms with Crippen molar-refractivity contribution in [3.05, 3.63) is 29.8 Å². The van der Waals surface area contributed by atoms with Crippen LogP contribution in [0.5, 0.6) is 5.75 Å². The number of carbonyl (C=O) groups excluding carboxylic acids is 4. The van der Waals surface area contributed by atoms with Crippen molar-refractivity contribution >= 4 is 23.8 Å². The number of hydrogen-bond donors (Lipinski definition) is 1. The molecule has 0 bridgehead atoms. The quantitative estimate of drug-likeness (QED) is 0.636. The van der Waals surface area contributed by atoms with Crippen LogP contribution in [-0.4, -0.2) is 83.8 Å². The van der Waals surface area contributed by atoms with Crippen LogP contribution in [-0.2, 0) is 20.8 Å². The van der Waals surface area contributed by atoms with Gasteiger partial charge in [0, 0.05) is 32.6 Å².